The van der Waals surface area contributed by atoms with Crippen LogP contribution < -0.4 is 9.80 Å². The van der Waals surface area contributed by atoms with E-state index in [1.165, 1.54) is 75.8 Å². The molecule has 0 radical (unpaired) electrons. The Hall–Kier alpha value is -8.20. The molecular formula is C61H44N2. The first-order valence-electron chi connectivity index (χ1n) is 21.3. The van der Waals surface area contributed by atoms with Gasteiger partial charge >= 0.3 is 0 Å². The van der Waals surface area contributed by atoms with E-state index in [-0.39, 0.29) is 7.43 Å². The number of nitrogens with zero attached hydrogens (tertiary/aromatic N) is 2. The van der Waals surface area contributed by atoms with Gasteiger partial charge < -0.3 is 9.80 Å². The third kappa shape index (κ3) is 6.43. The topological polar surface area (TPSA) is 6.48 Å². The Kier molecular flexibility index (Phi) is 9.40. The molecule has 0 spiro atoms. The molecule has 0 aliphatic heterocycles. The van der Waals surface area contributed by atoms with Crippen LogP contribution in [-0.2, 0) is 0 Å². The highest BCUT2D eigenvalue weighted by atomic mass is 15.1. The van der Waals surface area contributed by atoms with Crippen molar-refractivity contribution in [3.63, 3.8) is 0 Å². The van der Waals surface area contributed by atoms with Crippen LogP contribution in [0.5, 0.6) is 0 Å². The van der Waals surface area contributed by atoms with Gasteiger partial charge in [-0.05, 0) is 149 Å². The Morgan fingerprint density at radius 2 is 0.397 bits per heavy atom. The molecule has 0 aliphatic rings. The van der Waals surface area contributed by atoms with Gasteiger partial charge in [0, 0.05) is 34.1 Å². The number of rotatable bonds is 7. The van der Waals surface area contributed by atoms with Crippen LogP contribution in [-0.4, -0.2) is 0 Å². The molecule has 0 N–H and O–H groups in total. The van der Waals surface area contributed by atoms with Crippen LogP contribution in [0.2, 0.25) is 0 Å². The van der Waals surface area contributed by atoms with Gasteiger partial charge in [-0.1, -0.05) is 177 Å². The van der Waals surface area contributed by atoms with Crippen molar-refractivity contribution in [2.24, 2.45) is 0 Å². The molecule has 63 heavy (non-hydrogen) atoms. The average molecular weight is 805 g/mol. The third-order valence-corrected chi connectivity index (χ3v) is 12.6. The lowest BCUT2D eigenvalue weighted by atomic mass is 9.94. The van der Waals surface area contributed by atoms with Crippen molar-refractivity contribution in [1.82, 2.24) is 0 Å². The number of hydrogen-bond acceptors (Lipinski definition) is 2. The summed E-state index contributed by atoms with van der Waals surface area (Å²) in [7, 11) is 0. The van der Waals surface area contributed by atoms with Gasteiger partial charge in [0.15, 0.2) is 0 Å². The zero-order valence-corrected chi connectivity index (χ0v) is 34.0. The molecule has 0 atom stereocenters. The third-order valence-electron chi connectivity index (χ3n) is 12.6. The second kappa shape index (κ2) is 15.7. The lowest BCUT2D eigenvalue weighted by molar-refractivity contribution is 1.29. The van der Waals surface area contributed by atoms with Gasteiger partial charge in [0.25, 0.3) is 0 Å². The molecule has 0 amide bonds. The molecule has 298 valence electrons. The molecule has 2 nitrogen and oxygen atoms in total. The molecule has 2 heteroatoms. The summed E-state index contributed by atoms with van der Waals surface area (Å²) in [6.45, 7) is 0. The maximum absolute atomic E-state index is 2.36. The zero-order chi connectivity index (χ0) is 41.0. The minimum absolute atomic E-state index is 0. The van der Waals surface area contributed by atoms with E-state index in [9.17, 15) is 0 Å². The molecule has 0 bridgehead atoms. The Bertz CT molecular complexity index is 3300. The second-order valence-corrected chi connectivity index (χ2v) is 16.1. The molecule has 0 saturated carbocycles. The summed E-state index contributed by atoms with van der Waals surface area (Å²) in [5, 5.41) is 15.3. The SMILES string of the molecule is C.c1ccc(N(c2ccc(-c3ccc(N(c4ccccc4)c4ccc5c6ccccc6c6ccccc6c5c4)cc3)cc2)c2ccc3c4ccccc4c4ccccc4c3c2)cc1. The van der Waals surface area contributed by atoms with Crippen LogP contribution in [0.4, 0.5) is 34.1 Å². The zero-order valence-electron chi connectivity index (χ0n) is 34.0. The van der Waals surface area contributed by atoms with Crippen molar-refractivity contribution in [1.29, 1.82) is 0 Å². The van der Waals surface area contributed by atoms with E-state index >= 15 is 0 Å². The van der Waals surface area contributed by atoms with E-state index in [1.807, 2.05) is 0 Å². The van der Waals surface area contributed by atoms with Crippen molar-refractivity contribution in [2.45, 2.75) is 7.43 Å². The van der Waals surface area contributed by atoms with Crippen LogP contribution in [0.1, 0.15) is 7.43 Å². The Labute approximate surface area is 368 Å². The van der Waals surface area contributed by atoms with E-state index in [0.717, 1.165) is 34.1 Å². The standard InChI is InChI=1S/C60H40N2.CH4/c1-3-15-43(16-4-1)61(47-35-37-57-53-23-9-7-19-49(53)51-21-11-13-25-55(51)59(57)39-47)45-31-27-41(28-32-45)42-29-33-46(34-30-42)62(44-17-5-2-6-18-44)48-36-38-58-54-24-10-8-20-50(54)52-22-12-14-26-56(52)60(58)40-48;/h1-40H;1H4. The Balaban J connectivity index is 0.00000444. The average Bonchev–Trinajstić information content (AvgIpc) is 3.35. The van der Waals surface area contributed by atoms with Crippen molar-refractivity contribution < 1.29 is 0 Å². The molecule has 0 aromatic heterocycles. The molecule has 0 saturated heterocycles. The van der Waals surface area contributed by atoms with Crippen LogP contribution in [0, 0.1) is 0 Å². The van der Waals surface area contributed by atoms with Gasteiger partial charge in [-0.15, -0.1) is 0 Å². The molecule has 12 aromatic carbocycles. The quantitative estimate of drug-likeness (QED) is 0.148. The van der Waals surface area contributed by atoms with Crippen LogP contribution in [0.3, 0.4) is 0 Å². The smallest absolute Gasteiger partial charge is 0.0468 e. The summed E-state index contributed by atoms with van der Waals surface area (Å²) in [5.74, 6) is 0. The Morgan fingerprint density at radius 1 is 0.175 bits per heavy atom. The Morgan fingerprint density at radius 3 is 0.698 bits per heavy atom. The molecule has 0 heterocycles. The van der Waals surface area contributed by atoms with Crippen molar-refractivity contribution in [3.8, 4) is 11.1 Å². The normalized spacial score (nSPS) is 11.4. The van der Waals surface area contributed by atoms with Crippen LogP contribution in [0.15, 0.2) is 243 Å². The highest BCUT2D eigenvalue weighted by Crippen LogP contribution is 2.43. The summed E-state index contributed by atoms with van der Waals surface area (Å²) in [6, 6.07) is 88.3. The van der Waals surface area contributed by atoms with E-state index < -0.39 is 0 Å². The minimum Gasteiger partial charge on any atom is -0.310 e. The van der Waals surface area contributed by atoms with Crippen LogP contribution >= 0.6 is 0 Å². The van der Waals surface area contributed by atoms with E-state index in [0.29, 0.717) is 0 Å². The first kappa shape index (κ1) is 37.8. The molecule has 12 rings (SSSR count). The molecule has 0 unspecified atom stereocenters. The summed E-state index contributed by atoms with van der Waals surface area (Å²) >= 11 is 0. The lowest BCUT2D eigenvalue weighted by Crippen LogP contribution is -2.10. The number of fused-ring (bicyclic) bond motifs is 12. The second-order valence-electron chi connectivity index (χ2n) is 16.1. The first-order valence-corrected chi connectivity index (χ1v) is 21.3. The summed E-state index contributed by atoms with van der Waals surface area (Å²) in [6.07, 6.45) is 0. The highest BCUT2D eigenvalue weighted by molar-refractivity contribution is 6.27. The van der Waals surface area contributed by atoms with Gasteiger partial charge in [0.2, 0.25) is 0 Å². The van der Waals surface area contributed by atoms with Gasteiger partial charge in [-0.2, -0.15) is 0 Å². The first-order chi connectivity index (χ1) is 30.8. The van der Waals surface area contributed by atoms with Crippen molar-refractivity contribution in [2.75, 3.05) is 9.80 Å². The maximum Gasteiger partial charge on any atom is 0.0468 e. The molecule has 0 aliphatic carbocycles. The largest absolute Gasteiger partial charge is 0.310 e. The van der Waals surface area contributed by atoms with E-state index in [2.05, 4.69) is 252 Å². The van der Waals surface area contributed by atoms with E-state index in [1.54, 1.807) is 0 Å². The van der Waals surface area contributed by atoms with E-state index in [4.69, 9.17) is 0 Å². The highest BCUT2D eigenvalue weighted by Gasteiger charge is 2.18. The number of anilines is 6. The monoisotopic (exact) mass is 804 g/mol. The molecular weight excluding hydrogens is 761 g/mol. The maximum atomic E-state index is 2.36. The van der Waals surface area contributed by atoms with Gasteiger partial charge in [-0.25, -0.2) is 0 Å². The fourth-order valence-corrected chi connectivity index (χ4v) is 9.72. The fourth-order valence-electron chi connectivity index (χ4n) is 9.72. The van der Waals surface area contributed by atoms with Crippen molar-refractivity contribution >= 4 is 98.8 Å². The van der Waals surface area contributed by atoms with Crippen LogP contribution in [0.25, 0.3) is 75.8 Å². The number of para-hydroxylation sites is 2. The summed E-state index contributed by atoms with van der Waals surface area (Å²) in [4.78, 5) is 4.73. The van der Waals surface area contributed by atoms with Gasteiger partial charge in [-0.3, -0.25) is 0 Å². The molecule has 0 fully saturated rings. The predicted molar refractivity (Wildman–Crippen MR) is 273 cm³/mol. The molecule has 12 aromatic rings. The predicted octanol–water partition coefficient (Wildman–Crippen LogP) is 17.8. The van der Waals surface area contributed by atoms with Gasteiger partial charge in [0.1, 0.15) is 0 Å². The number of benzene rings is 12. The van der Waals surface area contributed by atoms with Gasteiger partial charge in [0.05, 0.1) is 0 Å². The summed E-state index contributed by atoms with van der Waals surface area (Å²) < 4.78 is 0. The fraction of sp³-hybridized carbons (Fsp3) is 0.0164. The van der Waals surface area contributed by atoms with Crippen molar-refractivity contribution in [3.05, 3.63) is 243 Å². The number of hydrogen-bond donors (Lipinski definition) is 0. The minimum atomic E-state index is 0. The summed E-state index contributed by atoms with van der Waals surface area (Å²) in [5.41, 5.74) is 9.02. The lowest BCUT2D eigenvalue weighted by Gasteiger charge is -2.27.